The highest BCUT2D eigenvalue weighted by Crippen LogP contribution is 2.17. The Morgan fingerprint density at radius 1 is 1.53 bits per heavy atom. The summed E-state index contributed by atoms with van der Waals surface area (Å²) in [6.45, 7) is 4.76. The van der Waals surface area contributed by atoms with E-state index in [1.807, 2.05) is 24.3 Å². The molecule has 1 amide bonds. The van der Waals surface area contributed by atoms with Crippen LogP contribution >= 0.6 is 11.6 Å². The van der Waals surface area contributed by atoms with E-state index in [1.165, 1.54) is 0 Å². The Bertz CT molecular complexity index is 436. The van der Waals surface area contributed by atoms with E-state index in [1.54, 1.807) is 0 Å². The van der Waals surface area contributed by atoms with Crippen LogP contribution in [-0.4, -0.2) is 29.9 Å². The highest BCUT2D eigenvalue weighted by atomic mass is 35.5. The predicted octanol–water partition coefficient (Wildman–Crippen LogP) is 2.83. The first-order valence-corrected chi connectivity index (χ1v) is 7.34. The molecule has 1 N–H and O–H groups in total. The maximum absolute atomic E-state index is 12.2. The summed E-state index contributed by atoms with van der Waals surface area (Å²) in [6, 6.07) is 7.67. The van der Waals surface area contributed by atoms with E-state index < -0.39 is 0 Å². The van der Waals surface area contributed by atoms with Crippen molar-refractivity contribution in [1.82, 2.24) is 10.2 Å². The quantitative estimate of drug-likeness (QED) is 0.899. The molecule has 0 bridgehead atoms. The van der Waals surface area contributed by atoms with Crippen LogP contribution in [0.1, 0.15) is 31.7 Å². The summed E-state index contributed by atoms with van der Waals surface area (Å²) < 4.78 is 0. The molecule has 1 saturated heterocycles. The number of carbonyl (C=O) groups is 1. The molecule has 0 spiro atoms. The molecule has 0 radical (unpaired) electrons. The van der Waals surface area contributed by atoms with Crippen LogP contribution in [0.25, 0.3) is 0 Å². The fraction of sp³-hybridized carbons (Fsp3) is 0.533. The van der Waals surface area contributed by atoms with Gasteiger partial charge in [-0.25, -0.2) is 0 Å². The largest absolute Gasteiger partial charge is 0.351 e. The summed E-state index contributed by atoms with van der Waals surface area (Å²) in [5.74, 6) is 0.144. The van der Waals surface area contributed by atoms with Crippen molar-refractivity contribution in [3.63, 3.8) is 0 Å². The minimum absolute atomic E-state index is 0.0548. The summed E-state index contributed by atoms with van der Waals surface area (Å²) in [5.41, 5.74) is 1.04. The van der Waals surface area contributed by atoms with Crippen LogP contribution < -0.4 is 5.32 Å². The second kappa shape index (κ2) is 6.92. The maximum Gasteiger partial charge on any atom is 0.237 e. The minimum atomic E-state index is 0.0548. The topological polar surface area (TPSA) is 32.3 Å². The number of rotatable bonds is 5. The molecule has 4 heteroatoms. The zero-order valence-electron chi connectivity index (χ0n) is 11.4. The minimum Gasteiger partial charge on any atom is -0.351 e. The van der Waals surface area contributed by atoms with Crippen molar-refractivity contribution >= 4 is 17.5 Å². The van der Waals surface area contributed by atoms with Crippen LogP contribution in [-0.2, 0) is 11.3 Å². The SMILES string of the molecule is CCCN1CCC[C@H]1C(=O)NCc1cccc(Cl)c1. The molecular weight excluding hydrogens is 260 g/mol. The van der Waals surface area contributed by atoms with Crippen LogP contribution in [0.5, 0.6) is 0 Å². The lowest BCUT2D eigenvalue weighted by molar-refractivity contribution is -0.125. The average molecular weight is 281 g/mol. The first kappa shape index (κ1) is 14.4. The molecule has 2 rings (SSSR count). The smallest absolute Gasteiger partial charge is 0.237 e. The molecule has 1 atom stereocenters. The number of hydrogen-bond acceptors (Lipinski definition) is 2. The van der Waals surface area contributed by atoms with Crippen molar-refractivity contribution in [2.24, 2.45) is 0 Å². The molecule has 0 aromatic heterocycles. The normalized spacial score (nSPS) is 19.6. The number of hydrogen-bond donors (Lipinski definition) is 1. The molecule has 0 saturated carbocycles. The van der Waals surface area contributed by atoms with Gasteiger partial charge in [0.1, 0.15) is 0 Å². The molecule has 1 aliphatic heterocycles. The van der Waals surface area contributed by atoms with Gasteiger partial charge in [0.15, 0.2) is 0 Å². The van der Waals surface area contributed by atoms with Crippen molar-refractivity contribution < 1.29 is 4.79 Å². The third-order valence-corrected chi connectivity index (χ3v) is 3.77. The van der Waals surface area contributed by atoms with Crippen molar-refractivity contribution in [2.45, 2.75) is 38.8 Å². The molecule has 1 heterocycles. The zero-order valence-corrected chi connectivity index (χ0v) is 12.1. The van der Waals surface area contributed by atoms with Gasteiger partial charge in [-0.1, -0.05) is 30.7 Å². The van der Waals surface area contributed by atoms with E-state index >= 15 is 0 Å². The number of nitrogens with one attached hydrogen (secondary N) is 1. The molecule has 0 aliphatic carbocycles. The van der Waals surface area contributed by atoms with Gasteiger partial charge in [0.25, 0.3) is 0 Å². The van der Waals surface area contributed by atoms with Gasteiger partial charge < -0.3 is 5.32 Å². The number of benzene rings is 1. The number of nitrogens with zero attached hydrogens (tertiary/aromatic N) is 1. The Kier molecular flexibility index (Phi) is 5.23. The Morgan fingerprint density at radius 3 is 3.11 bits per heavy atom. The molecule has 3 nitrogen and oxygen atoms in total. The zero-order chi connectivity index (χ0) is 13.7. The lowest BCUT2D eigenvalue weighted by atomic mass is 10.2. The van der Waals surface area contributed by atoms with Gasteiger partial charge in [0.2, 0.25) is 5.91 Å². The average Bonchev–Trinajstić information content (AvgIpc) is 2.85. The summed E-state index contributed by atoms with van der Waals surface area (Å²) in [5, 5.41) is 3.73. The van der Waals surface area contributed by atoms with Crippen LogP contribution in [0.15, 0.2) is 24.3 Å². The fourth-order valence-corrected chi connectivity index (χ4v) is 2.84. The third kappa shape index (κ3) is 3.95. The number of likely N-dealkylation sites (tertiary alicyclic amines) is 1. The van der Waals surface area contributed by atoms with Crippen molar-refractivity contribution in [3.05, 3.63) is 34.9 Å². The second-order valence-corrected chi connectivity index (χ2v) is 5.48. The first-order valence-electron chi connectivity index (χ1n) is 6.97. The first-order chi connectivity index (χ1) is 9.20. The Labute approximate surface area is 119 Å². The Morgan fingerprint density at radius 2 is 2.37 bits per heavy atom. The van der Waals surface area contributed by atoms with Crippen molar-refractivity contribution in [1.29, 1.82) is 0 Å². The predicted molar refractivity (Wildman–Crippen MR) is 78.2 cm³/mol. The number of halogens is 1. The summed E-state index contributed by atoms with van der Waals surface area (Å²) in [4.78, 5) is 14.5. The highest BCUT2D eigenvalue weighted by Gasteiger charge is 2.29. The molecule has 19 heavy (non-hydrogen) atoms. The van der Waals surface area contributed by atoms with Crippen LogP contribution in [0.3, 0.4) is 0 Å². The summed E-state index contributed by atoms with van der Waals surface area (Å²) >= 11 is 5.93. The Balaban J connectivity index is 1.87. The molecule has 1 aliphatic rings. The van der Waals surface area contributed by atoms with E-state index in [0.717, 1.165) is 37.9 Å². The summed E-state index contributed by atoms with van der Waals surface area (Å²) in [7, 11) is 0. The van der Waals surface area contributed by atoms with Gasteiger partial charge in [-0.05, 0) is 50.0 Å². The van der Waals surface area contributed by atoms with Crippen LogP contribution in [0, 0.1) is 0 Å². The van der Waals surface area contributed by atoms with E-state index in [2.05, 4.69) is 17.1 Å². The van der Waals surface area contributed by atoms with E-state index in [9.17, 15) is 4.79 Å². The van der Waals surface area contributed by atoms with Gasteiger partial charge >= 0.3 is 0 Å². The van der Waals surface area contributed by atoms with E-state index in [0.29, 0.717) is 11.6 Å². The van der Waals surface area contributed by atoms with Gasteiger partial charge in [0, 0.05) is 11.6 Å². The standard InChI is InChI=1S/C15H21ClN2O/c1-2-8-18-9-4-7-14(18)15(19)17-11-12-5-3-6-13(16)10-12/h3,5-6,10,14H,2,4,7-9,11H2,1H3,(H,17,19)/t14-/m0/s1. The van der Waals surface area contributed by atoms with Crippen molar-refractivity contribution in [2.75, 3.05) is 13.1 Å². The molecule has 0 unspecified atom stereocenters. The molecule has 104 valence electrons. The van der Waals surface area contributed by atoms with Gasteiger partial charge in [-0.15, -0.1) is 0 Å². The van der Waals surface area contributed by atoms with Crippen molar-refractivity contribution in [3.8, 4) is 0 Å². The molecule has 1 aromatic carbocycles. The monoisotopic (exact) mass is 280 g/mol. The lowest BCUT2D eigenvalue weighted by Crippen LogP contribution is -2.43. The van der Waals surface area contributed by atoms with Gasteiger partial charge in [0.05, 0.1) is 6.04 Å². The van der Waals surface area contributed by atoms with E-state index in [4.69, 9.17) is 11.6 Å². The number of amides is 1. The molecular formula is C15H21ClN2O. The van der Waals surface area contributed by atoms with Gasteiger partial charge in [-0.2, -0.15) is 0 Å². The lowest BCUT2D eigenvalue weighted by Gasteiger charge is -2.22. The maximum atomic E-state index is 12.2. The van der Waals surface area contributed by atoms with Crippen LogP contribution in [0.2, 0.25) is 5.02 Å². The summed E-state index contributed by atoms with van der Waals surface area (Å²) in [6.07, 6.45) is 3.19. The Hall–Kier alpha value is -1.06. The number of carbonyl (C=O) groups excluding carboxylic acids is 1. The third-order valence-electron chi connectivity index (χ3n) is 3.53. The second-order valence-electron chi connectivity index (χ2n) is 5.04. The highest BCUT2D eigenvalue weighted by molar-refractivity contribution is 6.30. The fourth-order valence-electron chi connectivity index (χ4n) is 2.63. The van der Waals surface area contributed by atoms with Crippen LogP contribution in [0.4, 0.5) is 0 Å². The molecule has 1 aromatic rings. The van der Waals surface area contributed by atoms with E-state index in [-0.39, 0.29) is 11.9 Å². The molecule has 1 fully saturated rings. The van der Waals surface area contributed by atoms with Gasteiger partial charge in [-0.3, -0.25) is 9.69 Å².